The van der Waals surface area contributed by atoms with Crippen molar-refractivity contribution in [2.45, 2.75) is 316 Å². The summed E-state index contributed by atoms with van der Waals surface area (Å²) in [5, 5.41) is 0. The second-order valence-corrected chi connectivity index (χ2v) is 21.6. The molecule has 0 radical (unpaired) electrons. The van der Waals surface area contributed by atoms with Gasteiger partial charge in [0.2, 0.25) is 0 Å². The van der Waals surface area contributed by atoms with Crippen LogP contribution in [0.1, 0.15) is 310 Å². The van der Waals surface area contributed by atoms with Gasteiger partial charge >= 0.3 is 17.9 Å². The number of rotatable bonds is 59. The van der Waals surface area contributed by atoms with Crippen molar-refractivity contribution in [3.8, 4) is 0 Å². The number of ether oxygens (including phenoxy) is 3. The maximum absolute atomic E-state index is 12.9. The molecule has 0 amide bonds. The van der Waals surface area contributed by atoms with Crippen molar-refractivity contribution in [2.24, 2.45) is 0 Å². The Kier molecular flexibility index (Phi) is 62.3. The van der Waals surface area contributed by atoms with E-state index in [1.54, 1.807) is 0 Å². The molecule has 0 aromatic heterocycles. The standard InChI is InChI=1S/C72H122O6/c1-4-7-10-13-16-19-22-25-28-30-31-32-33-34-35-36-37-38-39-40-41-42-45-47-50-53-56-59-62-65-71(74)77-68-69(67-76-70(73)64-61-58-55-52-49-46-43-27-24-21-18-15-12-9-6-3)78-72(75)66-63-60-57-54-51-48-44-29-26-23-20-17-14-11-8-5-2/h7,9-10,12,16,18-21,23,25,27-29,31-32,43-44,69H,4-6,8,11,13-15,17,22,24,26,30,33-42,45-68H2,1-3H3/b10-7-,12-9-,19-16-,21-18-,23-20-,28-25-,32-31-,43-27-,44-29-. The molecule has 0 aromatic rings. The topological polar surface area (TPSA) is 78.9 Å². The first-order valence-electron chi connectivity index (χ1n) is 32.9. The predicted molar refractivity (Wildman–Crippen MR) is 339 cm³/mol. The molecule has 6 heteroatoms. The van der Waals surface area contributed by atoms with Gasteiger partial charge in [0.25, 0.3) is 0 Å². The van der Waals surface area contributed by atoms with E-state index in [4.69, 9.17) is 14.2 Å². The summed E-state index contributed by atoms with van der Waals surface area (Å²) in [6.45, 7) is 6.40. The van der Waals surface area contributed by atoms with Gasteiger partial charge in [-0.3, -0.25) is 14.4 Å². The Hall–Kier alpha value is -3.93. The summed E-state index contributed by atoms with van der Waals surface area (Å²) in [5.74, 6) is -0.911. The summed E-state index contributed by atoms with van der Waals surface area (Å²) >= 11 is 0. The fourth-order valence-electron chi connectivity index (χ4n) is 9.13. The smallest absolute Gasteiger partial charge is 0.306 e. The highest BCUT2D eigenvalue weighted by molar-refractivity contribution is 5.71. The van der Waals surface area contributed by atoms with Gasteiger partial charge in [0.1, 0.15) is 13.2 Å². The van der Waals surface area contributed by atoms with E-state index in [2.05, 4.69) is 130 Å². The first-order chi connectivity index (χ1) is 38.5. The maximum atomic E-state index is 12.9. The fraction of sp³-hybridized carbons (Fsp3) is 0.708. The zero-order valence-electron chi connectivity index (χ0n) is 51.2. The lowest BCUT2D eigenvalue weighted by molar-refractivity contribution is -0.167. The third-order valence-corrected chi connectivity index (χ3v) is 14.0. The van der Waals surface area contributed by atoms with E-state index in [0.717, 1.165) is 148 Å². The van der Waals surface area contributed by atoms with E-state index in [9.17, 15) is 14.4 Å². The summed E-state index contributed by atoms with van der Waals surface area (Å²) < 4.78 is 16.9. The van der Waals surface area contributed by atoms with Crippen molar-refractivity contribution < 1.29 is 28.6 Å². The van der Waals surface area contributed by atoms with Gasteiger partial charge in [-0.25, -0.2) is 0 Å². The lowest BCUT2D eigenvalue weighted by Crippen LogP contribution is -2.30. The van der Waals surface area contributed by atoms with Gasteiger partial charge in [0.15, 0.2) is 6.10 Å². The zero-order valence-corrected chi connectivity index (χ0v) is 51.2. The molecular weight excluding hydrogens is 961 g/mol. The molecule has 1 unspecified atom stereocenters. The van der Waals surface area contributed by atoms with Crippen LogP contribution in [-0.4, -0.2) is 37.2 Å². The van der Waals surface area contributed by atoms with Crippen molar-refractivity contribution in [1.82, 2.24) is 0 Å². The van der Waals surface area contributed by atoms with Crippen LogP contribution in [0.2, 0.25) is 0 Å². The molecule has 1 atom stereocenters. The minimum atomic E-state index is -0.794. The van der Waals surface area contributed by atoms with Crippen LogP contribution in [0.15, 0.2) is 109 Å². The van der Waals surface area contributed by atoms with Crippen LogP contribution < -0.4 is 0 Å². The Balaban J connectivity index is 4.27. The van der Waals surface area contributed by atoms with Crippen molar-refractivity contribution in [1.29, 1.82) is 0 Å². The molecule has 0 saturated carbocycles. The van der Waals surface area contributed by atoms with Gasteiger partial charge < -0.3 is 14.2 Å². The lowest BCUT2D eigenvalue weighted by atomic mass is 10.0. The predicted octanol–water partition coefficient (Wildman–Crippen LogP) is 22.6. The quantitative estimate of drug-likeness (QED) is 0.0261. The van der Waals surface area contributed by atoms with Crippen LogP contribution in [0, 0.1) is 0 Å². The van der Waals surface area contributed by atoms with Crippen LogP contribution in [0.3, 0.4) is 0 Å². The molecule has 0 aromatic carbocycles. The summed E-state index contributed by atoms with van der Waals surface area (Å²) in [6.07, 6.45) is 89.6. The second kappa shape index (κ2) is 65.6. The Bertz CT molecular complexity index is 1570. The monoisotopic (exact) mass is 1080 g/mol. The second-order valence-electron chi connectivity index (χ2n) is 21.6. The van der Waals surface area contributed by atoms with Crippen LogP contribution in [0.4, 0.5) is 0 Å². The Morgan fingerprint density at radius 3 is 0.782 bits per heavy atom. The van der Waals surface area contributed by atoms with E-state index in [0.29, 0.717) is 19.3 Å². The minimum Gasteiger partial charge on any atom is -0.462 e. The molecule has 0 bridgehead atoms. The zero-order chi connectivity index (χ0) is 56.4. The first-order valence-corrected chi connectivity index (χ1v) is 32.9. The highest BCUT2D eigenvalue weighted by atomic mass is 16.6. The normalized spacial score (nSPS) is 12.8. The number of hydrogen-bond acceptors (Lipinski definition) is 6. The molecule has 0 fully saturated rings. The molecule has 6 nitrogen and oxygen atoms in total. The Morgan fingerprint density at radius 2 is 0.500 bits per heavy atom. The van der Waals surface area contributed by atoms with Gasteiger partial charge in [0, 0.05) is 19.3 Å². The number of unbranched alkanes of at least 4 members (excludes halogenated alkanes) is 30. The average molecular weight is 1080 g/mol. The first kappa shape index (κ1) is 74.1. The molecule has 0 aliphatic carbocycles. The highest BCUT2D eigenvalue weighted by Crippen LogP contribution is 2.16. The van der Waals surface area contributed by atoms with E-state index in [1.807, 2.05) is 0 Å². The fourth-order valence-corrected chi connectivity index (χ4v) is 9.13. The number of allylic oxidation sites excluding steroid dienone is 18. The Morgan fingerprint density at radius 1 is 0.269 bits per heavy atom. The third-order valence-electron chi connectivity index (χ3n) is 14.0. The molecule has 0 aliphatic heterocycles. The van der Waals surface area contributed by atoms with Crippen LogP contribution in [0.25, 0.3) is 0 Å². The van der Waals surface area contributed by atoms with Gasteiger partial charge in [-0.2, -0.15) is 0 Å². The van der Waals surface area contributed by atoms with Crippen LogP contribution >= 0.6 is 0 Å². The lowest BCUT2D eigenvalue weighted by Gasteiger charge is -2.18. The largest absolute Gasteiger partial charge is 0.462 e. The summed E-state index contributed by atoms with van der Waals surface area (Å²) in [4.78, 5) is 38.3. The minimum absolute atomic E-state index is 0.0884. The highest BCUT2D eigenvalue weighted by Gasteiger charge is 2.19. The van der Waals surface area contributed by atoms with Crippen molar-refractivity contribution in [3.63, 3.8) is 0 Å². The average Bonchev–Trinajstić information content (AvgIpc) is 3.44. The SMILES string of the molecule is CC/C=C\C/C=C\C/C=C\C/C=C\CCCCCCCCCCCCCCCCCCC(=O)OCC(COC(=O)CCCCCCC/C=C\C/C=C\C/C=C\CC)OC(=O)CCCCCCC/C=C\C/C=C\CCCCCC. The molecule has 0 aliphatic rings. The molecule has 0 spiro atoms. The Labute approximate surface area is 482 Å². The van der Waals surface area contributed by atoms with Gasteiger partial charge in [-0.1, -0.05) is 278 Å². The van der Waals surface area contributed by atoms with Crippen LogP contribution in [0.5, 0.6) is 0 Å². The van der Waals surface area contributed by atoms with Gasteiger partial charge in [-0.05, 0) is 122 Å². The molecule has 0 saturated heterocycles. The van der Waals surface area contributed by atoms with Gasteiger partial charge in [0.05, 0.1) is 0 Å². The van der Waals surface area contributed by atoms with E-state index in [-0.39, 0.29) is 31.1 Å². The molecule has 446 valence electrons. The van der Waals surface area contributed by atoms with Crippen molar-refractivity contribution in [2.75, 3.05) is 13.2 Å². The summed E-state index contributed by atoms with van der Waals surface area (Å²) in [7, 11) is 0. The van der Waals surface area contributed by atoms with E-state index >= 15 is 0 Å². The van der Waals surface area contributed by atoms with Crippen LogP contribution in [-0.2, 0) is 28.6 Å². The van der Waals surface area contributed by atoms with Crippen molar-refractivity contribution in [3.05, 3.63) is 109 Å². The summed E-state index contributed by atoms with van der Waals surface area (Å²) in [5.41, 5.74) is 0. The number of carbonyl (C=O) groups excluding carboxylic acids is 3. The molecule has 0 N–H and O–H groups in total. The molecule has 0 rings (SSSR count). The summed E-state index contributed by atoms with van der Waals surface area (Å²) in [6, 6.07) is 0. The molecule has 0 heterocycles. The maximum Gasteiger partial charge on any atom is 0.306 e. The molecular formula is C72H122O6. The number of carbonyl (C=O) groups is 3. The third kappa shape index (κ3) is 62.9. The number of esters is 3. The van der Waals surface area contributed by atoms with E-state index < -0.39 is 6.10 Å². The molecule has 78 heavy (non-hydrogen) atoms. The number of hydrogen-bond donors (Lipinski definition) is 0. The van der Waals surface area contributed by atoms with Gasteiger partial charge in [-0.15, -0.1) is 0 Å². The van der Waals surface area contributed by atoms with E-state index in [1.165, 1.54) is 122 Å². The van der Waals surface area contributed by atoms with Crippen molar-refractivity contribution >= 4 is 17.9 Å².